The molecule has 1 unspecified atom stereocenters. The van der Waals surface area contributed by atoms with E-state index >= 15 is 0 Å². The first-order valence-corrected chi connectivity index (χ1v) is 8.07. The quantitative estimate of drug-likeness (QED) is 0.726. The van der Waals surface area contributed by atoms with Gasteiger partial charge in [-0.3, -0.25) is 9.59 Å². The lowest BCUT2D eigenvalue weighted by molar-refractivity contribution is -0.141. The standard InChI is InChI=1S/C14H22N2O2S/c1-11(2)8-13(17)16-10-19-9-12(16)14(18)15-6-4-3-5-7-15/h8,12H,3-7,9-10H2,1-2H3. The lowest BCUT2D eigenvalue weighted by Crippen LogP contribution is -2.50. The van der Waals surface area contributed by atoms with E-state index in [1.165, 1.54) is 6.42 Å². The third-order valence-electron chi connectivity index (χ3n) is 3.53. The number of carbonyl (C=O) groups excluding carboxylic acids is 2. The van der Waals surface area contributed by atoms with Crippen LogP contribution in [-0.2, 0) is 9.59 Å². The maximum absolute atomic E-state index is 12.5. The molecule has 0 aliphatic carbocycles. The highest BCUT2D eigenvalue weighted by Crippen LogP contribution is 2.24. The van der Waals surface area contributed by atoms with E-state index in [1.807, 2.05) is 18.7 Å². The lowest BCUT2D eigenvalue weighted by atomic mass is 10.1. The monoisotopic (exact) mass is 282 g/mol. The zero-order valence-corrected chi connectivity index (χ0v) is 12.5. The van der Waals surface area contributed by atoms with Crippen LogP contribution in [0.15, 0.2) is 11.6 Å². The highest BCUT2D eigenvalue weighted by atomic mass is 32.2. The minimum absolute atomic E-state index is 0.0274. The van der Waals surface area contributed by atoms with Crippen LogP contribution in [0.25, 0.3) is 0 Å². The largest absolute Gasteiger partial charge is 0.341 e. The molecule has 0 aromatic carbocycles. The number of amides is 2. The summed E-state index contributed by atoms with van der Waals surface area (Å²) in [6.45, 7) is 5.51. The molecule has 2 amide bonds. The summed E-state index contributed by atoms with van der Waals surface area (Å²) in [6.07, 6.45) is 5.02. The molecule has 0 aromatic rings. The summed E-state index contributed by atoms with van der Waals surface area (Å²) in [6, 6.07) is -0.258. The molecule has 0 N–H and O–H groups in total. The van der Waals surface area contributed by atoms with Gasteiger partial charge < -0.3 is 9.80 Å². The number of likely N-dealkylation sites (tertiary alicyclic amines) is 1. The number of carbonyl (C=O) groups is 2. The van der Waals surface area contributed by atoms with Gasteiger partial charge in [0.15, 0.2) is 0 Å². The Kier molecular flexibility index (Phi) is 4.91. The van der Waals surface area contributed by atoms with Crippen molar-refractivity contribution >= 4 is 23.6 Å². The van der Waals surface area contributed by atoms with Crippen molar-refractivity contribution in [2.75, 3.05) is 24.7 Å². The van der Waals surface area contributed by atoms with E-state index in [0.717, 1.165) is 37.3 Å². The molecule has 2 aliphatic rings. The molecule has 2 aliphatic heterocycles. The Labute approximate surface area is 119 Å². The van der Waals surface area contributed by atoms with Gasteiger partial charge in [-0.05, 0) is 33.1 Å². The Bertz CT molecular complexity index is 385. The van der Waals surface area contributed by atoms with Crippen LogP contribution in [0.3, 0.4) is 0 Å². The zero-order chi connectivity index (χ0) is 13.8. The molecule has 2 saturated heterocycles. The highest BCUT2D eigenvalue weighted by Gasteiger charge is 2.36. The number of allylic oxidation sites excluding steroid dienone is 1. The fraction of sp³-hybridized carbons (Fsp3) is 0.714. The molecule has 1 atom stereocenters. The van der Waals surface area contributed by atoms with Crippen LogP contribution < -0.4 is 0 Å². The maximum atomic E-state index is 12.5. The predicted octanol–water partition coefficient (Wildman–Crippen LogP) is 1.87. The normalized spacial score (nSPS) is 23.4. The highest BCUT2D eigenvalue weighted by molar-refractivity contribution is 7.99. The summed E-state index contributed by atoms with van der Waals surface area (Å²) in [7, 11) is 0. The van der Waals surface area contributed by atoms with E-state index in [0.29, 0.717) is 5.88 Å². The Morgan fingerprint density at radius 3 is 2.47 bits per heavy atom. The van der Waals surface area contributed by atoms with Crippen molar-refractivity contribution in [3.05, 3.63) is 11.6 Å². The summed E-state index contributed by atoms with van der Waals surface area (Å²) in [4.78, 5) is 28.3. The van der Waals surface area contributed by atoms with Gasteiger partial charge in [0.2, 0.25) is 11.8 Å². The molecule has 2 fully saturated rings. The first-order valence-electron chi connectivity index (χ1n) is 6.91. The van der Waals surface area contributed by atoms with Crippen LogP contribution in [0.4, 0.5) is 0 Å². The van der Waals surface area contributed by atoms with Crippen molar-refractivity contribution in [1.82, 2.24) is 9.80 Å². The summed E-state index contributed by atoms with van der Waals surface area (Å²) < 4.78 is 0. The van der Waals surface area contributed by atoms with E-state index < -0.39 is 0 Å². The number of hydrogen-bond donors (Lipinski definition) is 0. The fourth-order valence-electron chi connectivity index (χ4n) is 2.52. The minimum atomic E-state index is -0.258. The second-order valence-electron chi connectivity index (χ2n) is 5.43. The van der Waals surface area contributed by atoms with Crippen molar-refractivity contribution in [2.45, 2.75) is 39.2 Å². The topological polar surface area (TPSA) is 40.6 Å². The van der Waals surface area contributed by atoms with Gasteiger partial charge in [0.1, 0.15) is 6.04 Å². The molecule has 4 nitrogen and oxygen atoms in total. The van der Waals surface area contributed by atoms with E-state index in [4.69, 9.17) is 0 Å². The minimum Gasteiger partial charge on any atom is -0.341 e. The van der Waals surface area contributed by atoms with Crippen molar-refractivity contribution in [3.63, 3.8) is 0 Å². The molecule has 0 saturated carbocycles. The molecule has 5 heteroatoms. The smallest absolute Gasteiger partial charge is 0.247 e. The summed E-state index contributed by atoms with van der Waals surface area (Å²) in [5.41, 5.74) is 0.978. The van der Waals surface area contributed by atoms with Gasteiger partial charge in [-0.1, -0.05) is 5.57 Å². The lowest BCUT2D eigenvalue weighted by Gasteiger charge is -2.31. The van der Waals surface area contributed by atoms with Crippen molar-refractivity contribution in [2.24, 2.45) is 0 Å². The summed E-state index contributed by atoms with van der Waals surface area (Å²) in [5, 5.41) is 0. The molecule has 106 valence electrons. The van der Waals surface area contributed by atoms with Crippen molar-refractivity contribution in [1.29, 1.82) is 0 Å². The van der Waals surface area contributed by atoms with Gasteiger partial charge in [-0.25, -0.2) is 0 Å². The third kappa shape index (κ3) is 3.53. The Hall–Kier alpha value is -0.970. The van der Waals surface area contributed by atoms with E-state index in [1.54, 1.807) is 22.7 Å². The molecular formula is C14H22N2O2S. The number of nitrogens with zero attached hydrogens (tertiary/aromatic N) is 2. The predicted molar refractivity (Wildman–Crippen MR) is 77.8 cm³/mol. The van der Waals surface area contributed by atoms with Gasteiger partial charge >= 0.3 is 0 Å². The zero-order valence-electron chi connectivity index (χ0n) is 11.7. The maximum Gasteiger partial charge on any atom is 0.247 e. The molecule has 0 spiro atoms. The number of piperidine rings is 1. The average Bonchev–Trinajstić information content (AvgIpc) is 2.87. The first-order chi connectivity index (χ1) is 9.09. The van der Waals surface area contributed by atoms with E-state index in [2.05, 4.69) is 0 Å². The van der Waals surface area contributed by atoms with Gasteiger partial charge in [-0.15, -0.1) is 11.8 Å². The Morgan fingerprint density at radius 2 is 1.84 bits per heavy atom. The fourth-order valence-corrected chi connectivity index (χ4v) is 3.67. The van der Waals surface area contributed by atoms with Gasteiger partial charge in [0, 0.05) is 24.9 Å². The average molecular weight is 282 g/mol. The van der Waals surface area contributed by atoms with Crippen molar-refractivity contribution in [3.8, 4) is 0 Å². The molecule has 0 aromatic heterocycles. The summed E-state index contributed by atoms with van der Waals surface area (Å²) in [5.74, 6) is 1.48. The first kappa shape index (κ1) is 14.4. The van der Waals surface area contributed by atoms with Crippen LogP contribution in [0, 0.1) is 0 Å². The number of thioether (sulfide) groups is 1. The van der Waals surface area contributed by atoms with E-state index in [-0.39, 0.29) is 17.9 Å². The molecule has 2 heterocycles. The number of rotatable bonds is 2. The van der Waals surface area contributed by atoms with Crippen LogP contribution >= 0.6 is 11.8 Å². The third-order valence-corrected chi connectivity index (χ3v) is 4.54. The second-order valence-corrected chi connectivity index (χ2v) is 6.43. The van der Waals surface area contributed by atoms with Gasteiger partial charge in [0.05, 0.1) is 5.88 Å². The van der Waals surface area contributed by atoms with Crippen LogP contribution in [0.2, 0.25) is 0 Å². The van der Waals surface area contributed by atoms with Gasteiger partial charge in [-0.2, -0.15) is 0 Å². The van der Waals surface area contributed by atoms with E-state index in [9.17, 15) is 9.59 Å². The molecule has 0 radical (unpaired) electrons. The van der Waals surface area contributed by atoms with Crippen LogP contribution in [0.1, 0.15) is 33.1 Å². The van der Waals surface area contributed by atoms with Gasteiger partial charge in [0.25, 0.3) is 0 Å². The Morgan fingerprint density at radius 1 is 1.16 bits per heavy atom. The van der Waals surface area contributed by atoms with Crippen molar-refractivity contribution < 1.29 is 9.59 Å². The molecule has 2 rings (SSSR count). The SMILES string of the molecule is CC(C)=CC(=O)N1CSCC1C(=O)N1CCCCC1. The molecule has 19 heavy (non-hydrogen) atoms. The molecular weight excluding hydrogens is 260 g/mol. The second kappa shape index (κ2) is 6.46. The number of hydrogen-bond acceptors (Lipinski definition) is 3. The molecule has 0 bridgehead atoms. The Balaban J connectivity index is 2.03. The summed E-state index contributed by atoms with van der Waals surface area (Å²) >= 11 is 1.67. The van der Waals surface area contributed by atoms with Crippen LogP contribution in [-0.4, -0.2) is 52.4 Å². The van der Waals surface area contributed by atoms with Crippen LogP contribution in [0.5, 0.6) is 0 Å².